The molecule has 2 aliphatic rings. The number of amides is 1. The molecule has 0 bridgehead atoms. The van der Waals surface area contributed by atoms with Crippen LogP contribution < -0.4 is 0 Å². The molecule has 0 atom stereocenters. The number of carbonyl (C=O) groups excluding carboxylic acids is 1. The Bertz CT molecular complexity index is 769. The van der Waals surface area contributed by atoms with Crippen LogP contribution in [0.4, 0.5) is 0 Å². The molecule has 26 heavy (non-hydrogen) atoms. The fraction of sp³-hybridized carbons (Fsp3) is 0.476. The third-order valence-electron chi connectivity index (χ3n) is 5.87. The molecule has 0 saturated carbocycles. The molecule has 2 aromatic rings. The van der Waals surface area contributed by atoms with Crippen LogP contribution in [0.2, 0.25) is 0 Å². The van der Waals surface area contributed by atoms with Crippen molar-refractivity contribution >= 4 is 5.91 Å². The number of aryl methyl sites for hydroxylation is 1. The number of aromatic nitrogens is 2. The first-order valence-electron chi connectivity index (χ1n) is 9.48. The van der Waals surface area contributed by atoms with Crippen LogP contribution in [0.5, 0.6) is 0 Å². The summed E-state index contributed by atoms with van der Waals surface area (Å²) in [5.74, 6) is 0.117. The lowest BCUT2D eigenvalue weighted by Crippen LogP contribution is -2.44. The molecule has 5 heteroatoms. The highest BCUT2D eigenvalue weighted by molar-refractivity contribution is 5.93. The topological polar surface area (TPSA) is 49.3 Å². The van der Waals surface area contributed by atoms with Crippen molar-refractivity contribution in [3.8, 4) is 0 Å². The molecule has 2 fully saturated rings. The van der Waals surface area contributed by atoms with E-state index in [2.05, 4.69) is 27.0 Å². The molecule has 4 rings (SSSR count). The molecule has 2 aliphatic heterocycles. The summed E-state index contributed by atoms with van der Waals surface area (Å²) in [5, 5.41) is 0. The molecule has 1 spiro atoms. The normalized spacial score (nSPS) is 19.8. The molecule has 2 saturated heterocycles. The van der Waals surface area contributed by atoms with E-state index in [1.54, 1.807) is 12.4 Å². The van der Waals surface area contributed by atoms with Crippen LogP contribution >= 0.6 is 0 Å². The number of hydrogen-bond donors (Lipinski definition) is 0. The summed E-state index contributed by atoms with van der Waals surface area (Å²) in [5.41, 5.74) is 3.31. The van der Waals surface area contributed by atoms with Gasteiger partial charge in [0.15, 0.2) is 0 Å². The van der Waals surface area contributed by atoms with Gasteiger partial charge in [0.2, 0.25) is 0 Å². The third kappa shape index (κ3) is 3.63. The molecule has 136 valence electrons. The predicted molar refractivity (Wildman–Crippen MR) is 101 cm³/mol. The number of rotatable bonds is 3. The van der Waals surface area contributed by atoms with Gasteiger partial charge in [-0.3, -0.25) is 19.7 Å². The number of piperidine rings is 1. The molecule has 0 radical (unpaired) electrons. The third-order valence-corrected chi connectivity index (χ3v) is 5.87. The Hall–Kier alpha value is -2.27. The van der Waals surface area contributed by atoms with E-state index in [-0.39, 0.29) is 5.91 Å². The lowest BCUT2D eigenvalue weighted by atomic mass is 9.77. The largest absolute Gasteiger partial charge is 0.339 e. The highest BCUT2D eigenvalue weighted by Gasteiger charge is 2.41. The minimum Gasteiger partial charge on any atom is -0.339 e. The van der Waals surface area contributed by atoms with Crippen LogP contribution in [0.15, 0.2) is 42.7 Å². The first-order valence-corrected chi connectivity index (χ1v) is 9.48. The van der Waals surface area contributed by atoms with E-state index < -0.39 is 0 Å². The highest BCUT2D eigenvalue weighted by atomic mass is 16.2. The van der Waals surface area contributed by atoms with Crippen LogP contribution in [0.3, 0.4) is 0 Å². The van der Waals surface area contributed by atoms with E-state index in [1.165, 1.54) is 6.42 Å². The molecule has 0 aromatic carbocycles. The molecule has 0 N–H and O–H groups in total. The van der Waals surface area contributed by atoms with Crippen molar-refractivity contribution in [2.45, 2.75) is 32.7 Å². The summed E-state index contributed by atoms with van der Waals surface area (Å²) < 4.78 is 0. The van der Waals surface area contributed by atoms with Gasteiger partial charge in [0.25, 0.3) is 5.91 Å². The van der Waals surface area contributed by atoms with E-state index in [1.807, 2.05) is 30.0 Å². The van der Waals surface area contributed by atoms with Gasteiger partial charge in [-0.25, -0.2) is 0 Å². The quantitative estimate of drug-likeness (QED) is 0.854. The number of hydrogen-bond acceptors (Lipinski definition) is 4. The Morgan fingerprint density at radius 2 is 1.92 bits per heavy atom. The Morgan fingerprint density at radius 1 is 1.12 bits per heavy atom. The average molecular weight is 350 g/mol. The van der Waals surface area contributed by atoms with Crippen molar-refractivity contribution < 1.29 is 4.79 Å². The first kappa shape index (κ1) is 17.2. The van der Waals surface area contributed by atoms with E-state index in [9.17, 15) is 4.79 Å². The van der Waals surface area contributed by atoms with Crippen molar-refractivity contribution in [1.82, 2.24) is 19.8 Å². The zero-order chi connectivity index (χ0) is 18.0. The summed E-state index contributed by atoms with van der Waals surface area (Å²) in [4.78, 5) is 25.8. The molecule has 0 aliphatic carbocycles. The summed E-state index contributed by atoms with van der Waals surface area (Å²) >= 11 is 0. The van der Waals surface area contributed by atoms with E-state index in [0.717, 1.165) is 57.0 Å². The smallest absolute Gasteiger partial charge is 0.255 e. The SMILES string of the molecule is Cc1cccc(CN2CCC3(CCN(C(=O)c4cccnc4)CC3)C2)n1. The predicted octanol–water partition coefficient (Wildman–Crippen LogP) is 2.91. The summed E-state index contributed by atoms with van der Waals surface area (Å²) in [6.45, 7) is 6.93. The van der Waals surface area contributed by atoms with Gasteiger partial charge in [-0.15, -0.1) is 0 Å². The number of likely N-dealkylation sites (tertiary alicyclic amines) is 2. The Morgan fingerprint density at radius 3 is 2.65 bits per heavy atom. The summed E-state index contributed by atoms with van der Waals surface area (Å²) in [6, 6.07) is 9.93. The maximum Gasteiger partial charge on any atom is 0.255 e. The van der Waals surface area contributed by atoms with Gasteiger partial charge >= 0.3 is 0 Å². The van der Waals surface area contributed by atoms with Gasteiger partial charge in [0.1, 0.15) is 0 Å². The van der Waals surface area contributed by atoms with E-state index in [0.29, 0.717) is 11.0 Å². The van der Waals surface area contributed by atoms with Crippen molar-refractivity contribution in [3.63, 3.8) is 0 Å². The minimum absolute atomic E-state index is 0.117. The van der Waals surface area contributed by atoms with Gasteiger partial charge in [-0.2, -0.15) is 0 Å². The number of nitrogens with zero attached hydrogens (tertiary/aromatic N) is 4. The fourth-order valence-electron chi connectivity index (χ4n) is 4.34. The van der Waals surface area contributed by atoms with Gasteiger partial charge < -0.3 is 4.90 Å². The molecule has 5 nitrogen and oxygen atoms in total. The van der Waals surface area contributed by atoms with Gasteiger partial charge in [-0.1, -0.05) is 6.07 Å². The monoisotopic (exact) mass is 350 g/mol. The summed E-state index contributed by atoms with van der Waals surface area (Å²) in [7, 11) is 0. The number of pyridine rings is 2. The van der Waals surface area contributed by atoms with Crippen LogP contribution in [0.1, 0.15) is 41.0 Å². The second-order valence-electron chi connectivity index (χ2n) is 7.76. The van der Waals surface area contributed by atoms with Crippen LogP contribution in [-0.2, 0) is 6.54 Å². The zero-order valence-corrected chi connectivity index (χ0v) is 15.4. The van der Waals surface area contributed by atoms with Gasteiger partial charge in [-0.05, 0) is 62.4 Å². The number of carbonyl (C=O) groups is 1. The van der Waals surface area contributed by atoms with Crippen LogP contribution in [-0.4, -0.2) is 51.9 Å². The van der Waals surface area contributed by atoms with Crippen molar-refractivity contribution in [1.29, 1.82) is 0 Å². The zero-order valence-electron chi connectivity index (χ0n) is 15.4. The van der Waals surface area contributed by atoms with Crippen molar-refractivity contribution in [2.75, 3.05) is 26.2 Å². The fourth-order valence-corrected chi connectivity index (χ4v) is 4.34. The lowest BCUT2D eigenvalue weighted by molar-refractivity contribution is 0.0587. The van der Waals surface area contributed by atoms with Gasteiger partial charge in [0, 0.05) is 44.3 Å². The van der Waals surface area contributed by atoms with Crippen LogP contribution in [0.25, 0.3) is 0 Å². The van der Waals surface area contributed by atoms with Gasteiger partial charge in [0.05, 0.1) is 11.3 Å². The molecule has 1 amide bonds. The Balaban J connectivity index is 1.34. The second-order valence-corrected chi connectivity index (χ2v) is 7.76. The van der Waals surface area contributed by atoms with Crippen molar-refractivity contribution in [2.24, 2.45) is 5.41 Å². The maximum atomic E-state index is 12.6. The van der Waals surface area contributed by atoms with E-state index >= 15 is 0 Å². The average Bonchev–Trinajstić information content (AvgIpc) is 3.04. The standard InChI is InChI=1S/C21H26N4O/c1-17-4-2-6-19(23-17)15-24-11-7-21(16-24)8-12-25(13-9-21)20(26)18-5-3-10-22-14-18/h2-6,10,14H,7-9,11-13,15-16H2,1H3. The molecule has 0 unspecified atom stereocenters. The molecular formula is C21H26N4O. The lowest BCUT2D eigenvalue weighted by Gasteiger charge is -2.39. The summed E-state index contributed by atoms with van der Waals surface area (Å²) in [6.07, 6.45) is 6.79. The van der Waals surface area contributed by atoms with E-state index in [4.69, 9.17) is 0 Å². The second kappa shape index (κ2) is 7.16. The Kier molecular flexibility index (Phi) is 4.72. The van der Waals surface area contributed by atoms with Crippen molar-refractivity contribution in [3.05, 3.63) is 59.7 Å². The van der Waals surface area contributed by atoms with Crippen LogP contribution in [0, 0.1) is 12.3 Å². The highest BCUT2D eigenvalue weighted by Crippen LogP contribution is 2.40. The maximum absolute atomic E-state index is 12.6. The Labute approximate surface area is 155 Å². The molecular weight excluding hydrogens is 324 g/mol. The minimum atomic E-state index is 0.117. The molecule has 4 heterocycles. The first-order chi connectivity index (χ1) is 12.6. The molecule has 2 aromatic heterocycles.